The monoisotopic (exact) mass is 442 g/mol. The lowest BCUT2D eigenvalue weighted by atomic mass is 9.95. The third kappa shape index (κ3) is 3.71. The van der Waals surface area contributed by atoms with Crippen LogP contribution in [0.2, 0.25) is 0 Å². The molecule has 7 nitrogen and oxygen atoms in total. The van der Waals surface area contributed by atoms with Crippen molar-refractivity contribution in [2.75, 3.05) is 11.4 Å². The van der Waals surface area contributed by atoms with Crippen molar-refractivity contribution in [2.24, 2.45) is 0 Å². The predicted octanol–water partition coefficient (Wildman–Crippen LogP) is 4.51. The molecule has 0 spiro atoms. The lowest BCUT2D eigenvalue weighted by molar-refractivity contribution is 0.287. The van der Waals surface area contributed by atoms with E-state index in [4.69, 9.17) is 0 Å². The zero-order valence-electron chi connectivity index (χ0n) is 19.7. The number of nitrogens with zero attached hydrogens (tertiary/aromatic N) is 5. The fourth-order valence-electron chi connectivity index (χ4n) is 4.76. The van der Waals surface area contributed by atoms with Gasteiger partial charge in [-0.3, -0.25) is 4.79 Å². The Labute approximate surface area is 193 Å². The van der Waals surface area contributed by atoms with E-state index in [0.29, 0.717) is 11.4 Å². The van der Waals surface area contributed by atoms with E-state index >= 15 is 0 Å². The smallest absolute Gasteiger partial charge is 0.254 e. The molecule has 1 aliphatic rings. The molecule has 0 unspecified atom stereocenters. The van der Waals surface area contributed by atoms with Gasteiger partial charge in [-0.25, -0.2) is 4.68 Å². The second-order valence-corrected chi connectivity index (χ2v) is 9.59. The van der Waals surface area contributed by atoms with Crippen molar-refractivity contribution in [1.29, 1.82) is 0 Å². The van der Waals surface area contributed by atoms with Gasteiger partial charge in [0.05, 0.1) is 5.54 Å². The molecular weight excluding hydrogens is 412 g/mol. The summed E-state index contributed by atoms with van der Waals surface area (Å²) in [7, 11) is 0. The van der Waals surface area contributed by atoms with Gasteiger partial charge >= 0.3 is 0 Å². The summed E-state index contributed by atoms with van der Waals surface area (Å²) in [5, 5.41) is 13.9. The van der Waals surface area contributed by atoms with E-state index in [0.717, 1.165) is 48.0 Å². The molecule has 0 saturated carbocycles. The Morgan fingerprint density at radius 2 is 1.97 bits per heavy atom. The molecule has 1 atom stereocenters. The first-order chi connectivity index (χ1) is 15.9. The van der Waals surface area contributed by atoms with E-state index in [1.165, 1.54) is 5.56 Å². The number of para-hydroxylation sites is 1. The molecule has 7 heteroatoms. The minimum atomic E-state index is -0.401. The molecular formula is C26H30N6O. The Hall–Kier alpha value is -3.48. The number of aromatic amines is 1. The van der Waals surface area contributed by atoms with Gasteiger partial charge in [0.25, 0.3) is 5.56 Å². The van der Waals surface area contributed by atoms with Gasteiger partial charge in [-0.05, 0) is 85.2 Å². The number of H-pyrrole nitrogens is 1. The number of aromatic nitrogens is 5. The Bertz CT molecular complexity index is 1370. The number of pyridine rings is 1. The summed E-state index contributed by atoms with van der Waals surface area (Å²) in [5.74, 6) is 0.690. The van der Waals surface area contributed by atoms with Crippen LogP contribution in [0.5, 0.6) is 0 Å². The molecule has 4 aromatic rings. The Morgan fingerprint density at radius 3 is 2.79 bits per heavy atom. The molecule has 3 heterocycles. The quantitative estimate of drug-likeness (QED) is 0.492. The Morgan fingerprint density at radius 1 is 1.15 bits per heavy atom. The molecule has 0 fully saturated rings. The first-order valence-electron chi connectivity index (χ1n) is 11.7. The van der Waals surface area contributed by atoms with Crippen molar-refractivity contribution in [1.82, 2.24) is 25.2 Å². The van der Waals surface area contributed by atoms with Crippen molar-refractivity contribution >= 4 is 16.6 Å². The van der Waals surface area contributed by atoms with Crippen LogP contribution in [0.4, 0.5) is 5.69 Å². The van der Waals surface area contributed by atoms with Crippen LogP contribution in [0.15, 0.2) is 53.3 Å². The van der Waals surface area contributed by atoms with Gasteiger partial charge < -0.3 is 9.88 Å². The minimum absolute atomic E-state index is 0.106. The fraction of sp³-hybridized carbons (Fsp3) is 0.385. The standard InChI is InChI=1S/C26H30N6O/c1-5-26(3,4)32-24(28-29-30-32)23(31-14-8-10-18-9-6-7-11-22(18)31)20-16-19-13-12-17(2)15-21(19)27-25(20)33/h6-7,9,11-13,15-16,23H,5,8,10,14H2,1-4H3,(H,27,33)/t23-/m0/s1. The highest BCUT2D eigenvalue weighted by molar-refractivity contribution is 5.80. The number of hydrogen-bond acceptors (Lipinski definition) is 5. The fourth-order valence-corrected chi connectivity index (χ4v) is 4.76. The zero-order valence-corrected chi connectivity index (χ0v) is 19.7. The summed E-state index contributed by atoms with van der Waals surface area (Å²) in [4.78, 5) is 18.9. The topological polar surface area (TPSA) is 79.7 Å². The molecule has 0 aliphatic carbocycles. The molecule has 170 valence electrons. The van der Waals surface area contributed by atoms with Gasteiger partial charge in [-0.15, -0.1) is 5.10 Å². The highest BCUT2D eigenvalue weighted by Crippen LogP contribution is 2.37. The number of rotatable bonds is 5. The van der Waals surface area contributed by atoms with Crippen molar-refractivity contribution in [3.63, 3.8) is 0 Å². The Kier molecular flexibility index (Phi) is 5.27. The molecule has 0 amide bonds. The number of nitrogens with one attached hydrogen (secondary N) is 1. The molecule has 1 aliphatic heterocycles. The third-order valence-corrected chi connectivity index (χ3v) is 6.96. The normalized spacial score (nSPS) is 15.0. The lowest BCUT2D eigenvalue weighted by Gasteiger charge is -2.38. The molecule has 33 heavy (non-hydrogen) atoms. The van der Waals surface area contributed by atoms with Crippen molar-refractivity contribution in [3.8, 4) is 0 Å². The van der Waals surface area contributed by atoms with E-state index in [-0.39, 0.29) is 11.1 Å². The summed E-state index contributed by atoms with van der Waals surface area (Å²) in [6.07, 6.45) is 2.90. The summed E-state index contributed by atoms with van der Waals surface area (Å²) in [5.41, 5.74) is 4.65. The van der Waals surface area contributed by atoms with Crippen LogP contribution < -0.4 is 10.5 Å². The molecule has 5 rings (SSSR count). The van der Waals surface area contributed by atoms with Crippen LogP contribution in [-0.2, 0) is 12.0 Å². The molecule has 2 aromatic carbocycles. The van der Waals surface area contributed by atoms with Gasteiger partial charge in [-0.1, -0.05) is 37.3 Å². The molecule has 0 bridgehead atoms. The molecule has 0 saturated heterocycles. The average Bonchev–Trinajstić information content (AvgIpc) is 3.30. The van der Waals surface area contributed by atoms with E-state index in [1.807, 2.05) is 23.7 Å². The van der Waals surface area contributed by atoms with Crippen LogP contribution in [0.25, 0.3) is 10.9 Å². The lowest BCUT2D eigenvalue weighted by Crippen LogP contribution is -2.40. The van der Waals surface area contributed by atoms with Crippen LogP contribution in [0.3, 0.4) is 0 Å². The van der Waals surface area contributed by atoms with Gasteiger partial charge in [0.15, 0.2) is 5.82 Å². The molecule has 2 aromatic heterocycles. The van der Waals surface area contributed by atoms with E-state index in [1.54, 1.807) is 0 Å². The van der Waals surface area contributed by atoms with Crippen molar-refractivity contribution in [2.45, 2.75) is 58.5 Å². The summed E-state index contributed by atoms with van der Waals surface area (Å²) in [6, 6.07) is 16.2. The first-order valence-corrected chi connectivity index (χ1v) is 11.7. The second-order valence-electron chi connectivity index (χ2n) is 9.59. The van der Waals surface area contributed by atoms with E-state index < -0.39 is 6.04 Å². The number of fused-ring (bicyclic) bond motifs is 2. The maximum absolute atomic E-state index is 13.5. The van der Waals surface area contributed by atoms with E-state index in [9.17, 15) is 4.79 Å². The largest absolute Gasteiger partial charge is 0.357 e. The van der Waals surface area contributed by atoms with Crippen LogP contribution in [0.1, 0.15) is 62.2 Å². The SMILES string of the molecule is CCC(C)(C)n1nnnc1[C@H](c1cc2ccc(C)cc2[nH]c1=O)N1CCCc2ccccc21. The Balaban J connectivity index is 1.77. The predicted molar refractivity (Wildman–Crippen MR) is 131 cm³/mol. The van der Waals surface area contributed by atoms with Gasteiger partial charge in [-0.2, -0.15) is 0 Å². The van der Waals surface area contributed by atoms with Crippen molar-refractivity contribution < 1.29 is 0 Å². The number of aryl methyl sites for hydroxylation is 2. The van der Waals surface area contributed by atoms with Gasteiger partial charge in [0, 0.05) is 23.3 Å². The zero-order chi connectivity index (χ0) is 23.2. The van der Waals surface area contributed by atoms with Crippen LogP contribution in [-0.4, -0.2) is 31.7 Å². The summed E-state index contributed by atoms with van der Waals surface area (Å²) < 4.78 is 1.90. The minimum Gasteiger partial charge on any atom is -0.357 e. The van der Waals surface area contributed by atoms with Crippen LogP contribution >= 0.6 is 0 Å². The number of benzene rings is 2. The highest BCUT2D eigenvalue weighted by atomic mass is 16.1. The van der Waals surface area contributed by atoms with Crippen molar-refractivity contribution in [3.05, 3.63) is 81.4 Å². The third-order valence-electron chi connectivity index (χ3n) is 6.96. The van der Waals surface area contributed by atoms with Crippen LogP contribution in [0, 0.1) is 6.92 Å². The average molecular weight is 443 g/mol. The van der Waals surface area contributed by atoms with Gasteiger partial charge in [0.2, 0.25) is 0 Å². The maximum Gasteiger partial charge on any atom is 0.254 e. The maximum atomic E-state index is 13.5. The number of tetrazole rings is 1. The highest BCUT2D eigenvalue weighted by Gasteiger charge is 2.36. The first kappa shape index (κ1) is 21.4. The molecule has 0 radical (unpaired) electrons. The van der Waals surface area contributed by atoms with Gasteiger partial charge in [0.1, 0.15) is 6.04 Å². The molecule has 1 N–H and O–H groups in total. The van der Waals surface area contributed by atoms with E-state index in [2.05, 4.69) is 82.6 Å². The number of hydrogen-bond donors (Lipinski definition) is 1. The summed E-state index contributed by atoms with van der Waals surface area (Å²) >= 11 is 0. The summed E-state index contributed by atoms with van der Waals surface area (Å²) in [6.45, 7) is 9.23. The number of anilines is 1. The second kappa shape index (κ2) is 8.14.